The Morgan fingerprint density at radius 2 is 1.89 bits per heavy atom. The number of benzene rings is 1. The predicted octanol–water partition coefficient (Wildman–Crippen LogP) is 3.37. The highest BCUT2D eigenvalue weighted by molar-refractivity contribution is 5.19. The van der Waals surface area contributed by atoms with Crippen molar-refractivity contribution in [2.75, 3.05) is 6.54 Å². The Bertz CT molecular complexity index is 347. The zero-order valence-electron chi connectivity index (χ0n) is 11.5. The SMILES string of the molecule is CCCN(C1CC1)C(CC)C(O)c1ccccc1. The van der Waals surface area contributed by atoms with E-state index >= 15 is 0 Å². The second-order valence-corrected chi connectivity index (χ2v) is 5.30. The van der Waals surface area contributed by atoms with Gasteiger partial charge in [0.05, 0.1) is 6.10 Å². The molecule has 0 radical (unpaired) electrons. The second-order valence-electron chi connectivity index (χ2n) is 5.30. The summed E-state index contributed by atoms with van der Waals surface area (Å²) in [7, 11) is 0. The quantitative estimate of drug-likeness (QED) is 0.798. The van der Waals surface area contributed by atoms with Gasteiger partial charge in [0.2, 0.25) is 0 Å². The smallest absolute Gasteiger partial charge is 0.0945 e. The molecule has 2 nitrogen and oxygen atoms in total. The lowest BCUT2D eigenvalue weighted by atomic mass is 9.98. The lowest BCUT2D eigenvalue weighted by molar-refractivity contribution is 0.0405. The predicted molar refractivity (Wildman–Crippen MR) is 75.5 cm³/mol. The van der Waals surface area contributed by atoms with Crippen molar-refractivity contribution in [2.24, 2.45) is 0 Å². The minimum absolute atomic E-state index is 0.264. The maximum Gasteiger partial charge on any atom is 0.0945 e. The van der Waals surface area contributed by atoms with Crippen LogP contribution < -0.4 is 0 Å². The van der Waals surface area contributed by atoms with Gasteiger partial charge in [-0.1, -0.05) is 44.2 Å². The van der Waals surface area contributed by atoms with Gasteiger partial charge in [-0.2, -0.15) is 0 Å². The van der Waals surface area contributed by atoms with Crippen molar-refractivity contribution >= 4 is 0 Å². The zero-order chi connectivity index (χ0) is 13.0. The molecule has 1 saturated carbocycles. The third-order valence-electron chi connectivity index (χ3n) is 3.85. The van der Waals surface area contributed by atoms with Gasteiger partial charge in [-0.25, -0.2) is 0 Å². The fourth-order valence-electron chi connectivity index (χ4n) is 2.80. The minimum Gasteiger partial charge on any atom is -0.387 e. The maximum absolute atomic E-state index is 10.6. The second kappa shape index (κ2) is 6.35. The Hall–Kier alpha value is -0.860. The standard InChI is InChI=1S/C16H25NO/c1-3-12-17(14-10-11-14)15(4-2)16(18)13-8-6-5-7-9-13/h5-9,14-16,18H,3-4,10-12H2,1-2H3. The third-order valence-corrected chi connectivity index (χ3v) is 3.85. The molecule has 2 unspecified atom stereocenters. The molecule has 100 valence electrons. The van der Waals surface area contributed by atoms with Crippen molar-refractivity contribution in [2.45, 2.75) is 57.7 Å². The Labute approximate surface area is 111 Å². The lowest BCUT2D eigenvalue weighted by Crippen LogP contribution is -2.41. The molecule has 1 fully saturated rings. The summed E-state index contributed by atoms with van der Waals surface area (Å²) in [5, 5.41) is 10.6. The molecule has 1 aromatic carbocycles. The monoisotopic (exact) mass is 247 g/mol. The normalized spacial score (nSPS) is 18.9. The topological polar surface area (TPSA) is 23.5 Å². The van der Waals surface area contributed by atoms with E-state index in [1.807, 2.05) is 30.3 Å². The summed E-state index contributed by atoms with van der Waals surface area (Å²) in [6, 6.07) is 11.1. The molecular formula is C16H25NO. The van der Waals surface area contributed by atoms with E-state index in [1.54, 1.807) is 0 Å². The fraction of sp³-hybridized carbons (Fsp3) is 0.625. The molecule has 1 aromatic rings. The molecule has 0 aliphatic heterocycles. The number of aliphatic hydroxyl groups excluding tert-OH is 1. The zero-order valence-corrected chi connectivity index (χ0v) is 11.5. The molecule has 1 aliphatic carbocycles. The molecule has 0 aromatic heterocycles. The largest absolute Gasteiger partial charge is 0.387 e. The first-order chi connectivity index (χ1) is 8.77. The van der Waals surface area contributed by atoms with Gasteiger partial charge >= 0.3 is 0 Å². The highest BCUT2D eigenvalue weighted by atomic mass is 16.3. The van der Waals surface area contributed by atoms with Crippen molar-refractivity contribution in [3.05, 3.63) is 35.9 Å². The Morgan fingerprint density at radius 3 is 2.39 bits per heavy atom. The van der Waals surface area contributed by atoms with E-state index in [9.17, 15) is 5.11 Å². The highest BCUT2D eigenvalue weighted by Gasteiger charge is 2.35. The van der Waals surface area contributed by atoms with Crippen LogP contribution in [-0.4, -0.2) is 28.6 Å². The van der Waals surface area contributed by atoms with Gasteiger partial charge in [-0.15, -0.1) is 0 Å². The van der Waals surface area contributed by atoms with Crippen LogP contribution in [0.25, 0.3) is 0 Å². The van der Waals surface area contributed by atoms with Crippen LogP contribution in [0.1, 0.15) is 51.2 Å². The van der Waals surface area contributed by atoms with Crippen molar-refractivity contribution < 1.29 is 5.11 Å². The molecule has 0 saturated heterocycles. The van der Waals surface area contributed by atoms with Gasteiger partial charge in [0.1, 0.15) is 0 Å². The average molecular weight is 247 g/mol. The molecular weight excluding hydrogens is 222 g/mol. The Morgan fingerprint density at radius 1 is 1.22 bits per heavy atom. The summed E-state index contributed by atoms with van der Waals surface area (Å²) in [6.07, 6.45) is 4.42. The molecule has 2 atom stereocenters. The molecule has 2 heteroatoms. The molecule has 0 amide bonds. The van der Waals surface area contributed by atoms with E-state index in [0.717, 1.165) is 24.9 Å². The van der Waals surface area contributed by atoms with Crippen molar-refractivity contribution in [1.29, 1.82) is 0 Å². The summed E-state index contributed by atoms with van der Waals surface area (Å²) in [6.45, 7) is 5.51. The number of rotatable bonds is 7. The van der Waals surface area contributed by atoms with E-state index in [1.165, 1.54) is 12.8 Å². The Kier molecular flexibility index (Phi) is 4.79. The third kappa shape index (κ3) is 3.12. The van der Waals surface area contributed by atoms with Crippen LogP contribution in [0.3, 0.4) is 0 Å². The first-order valence-corrected chi connectivity index (χ1v) is 7.26. The van der Waals surface area contributed by atoms with Crippen LogP contribution in [0, 0.1) is 0 Å². The van der Waals surface area contributed by atoms with Crippen molar-refractivity contribution in [3.8, 4) is 0 Å². The van der Waals surface area contributed by atoms with E-state index < -0.39 is 0 Å². The summed E-state index contributed by atoms with van der Waals surface area (Å²) in [4.78, 5) is 2.53. The van der Waals surface area contributed by atoms with Crippen LogP contribution in [0.5, 0.6) is 0 Å². The van der Waals surface area contributed by atoms with Crippen LogP contribution >= 0.6 is 0 Å². The van der Waals surface area contributed by atoms with Crippen LogP contribution in [0.2, 0.25) is 0 Å². The molecule has 1 N–H and O–H groups in total. The Balaban J connectivity index is 2.11. The van der Waals surface area contributed by atoms with E-state index in [4.69, 9.17) is 0 Å². The number of hydrogen-bond donors (Lipinski definition) is 1. The summed E-state index contributed by atoms with van der Waals surface area (Å²) in [5.74, 6) is 0. The van der Waals surface area contributed by atoms with Gasteiger partial charge in [0, 0.05) is 12.1 Å². The van der Waals surface area contributed by atoms with Gasteiger partial charge in [-0.3, -0.25) is 4.90 Å². The first kappa shape index (κ1) is 13.6. The summed E-state index contributed by atoms with van der Waals surface area (Å²) in [5.41, 5.74) is 1.05. The molecule has 0 heterocycles. The summed E-state index contributed by atoms with van der Waals surface area (Å²) < 4.78 is 0. The van der Waals surface area contributed by atoms with E-state index in [0.29, 0.717) is 6.04 Å². The van der Waals surface area contributed by atoms with Crippen LogP contribution in [-0.2, 0) is 0 Å². The molecule has 0 bridgehead atoms. The fourth-order valence-corrected chi connectivity index (χ4v) is 2.80. The molecule has 2 rings (SSSR count). The average Bonchev–Trinajstić information content (AvgIpc) is 3.23. The van der Waals surface area contributed by atoms with Crippen LogP contribution in [0.4, 0.5) is 0 Å². The summed E-state index contributed by atoms with van der Waals surface area (Å²) >= 11 is 0. The van der Waals surface area contributed by atoms with E-state index in [-0.39, 0.29) is 12.1 Å². The van der Waals surface area contributed by atoms with Gasteiger partial charge in [0.25, 0.3) is 0 Å². The highest BCUT2D eigenvalue weighted by Crippen LogP contribution is 2.34. The van der Waals surface area contributed by atoms with Gasteiger partial charge in [-0.05, 0) is 37.8 Å². The maximum atomic E-state index is 10.6. The number of hydrogen-bond acceptors (Lipinski definition) is 2. The number of nitrogens with zero attached hydrogens (tertiary/aromatic N) is 1. The molecule has 0 spiro atoms. The lowest BCUT2D eigenvalue weighted by Gasteiger charge is -2.34. The van der Waals surface area contributed by atoms with Crippen molar-refractivity contribution in [3.63, 3.8) is 0 Å². The van der Waals surface area contributed by atoms with Gasteiger partial charge in [0.15, 0.2) is 0 Å². The van der Waals surface area contributed by atoms with Gasteiger partial charge < -0.3 is 5.11 Å². The number of aliphatic hydroxyl groups is 1. The van der Waals surface area contributed by atoms with E-state index in [2.05, 4.69) is 18.7 Å². The molecule has 1 aliphatic rings. The van der Waals surface area contributed by atoms with Crippen molar-refractivity contribution in [1.82, 2.24) is 4.90 Å². The first-order valence-electron chi connectivity index (χ1n) is 7.26. The molecule has 18 heavy (non-hydrogen) atoms. The minimum atomic E-state index is -0.358. The van der Waals surface area contributed by atoms with Crippen LogP contribution in [0.15, 0.2) is 30.3 Å².